The molecule has 0 aliphatic carbocycles. The molecule has 1 rings (SSSR count). The van der Waals surface area contributed by atoms with Crippen LogP contribution in [-0.4, -0.2) is 5.11 Å². The molecule has 0 aromatic heterocycles. The lowest BCUT2D eigenvalue weighted by atomic mass is 9.97. The second-order valence-corrected chi connectivity index (χ2v) is 4.76. The van der Waals surface area contributed by atoms with Gasteiger partial charge in [-0.25, -0.2) is 0 Å². The molecule has 1 N–H and O–H groups in total. The maximum atomic E-state index is 10.0. The number of hydrogen-bond donors (Lipinski definition) is 1. The van der Waals surface area contributed by atoms with Crippen LogP contribution in [0.4, 0.5) is 0 Å². The van der Waals surface area contributed by atoms with Crippen molar-refractivity contribution in [2.24, 2.45) is 5.92 Å². The summed E-state index contributed by atoms with van der Waals surface area (Å²) >= 11 is 6.07. The highest BCUT2D eigenvalue weighted by Crippen LogP contribution is 2.28. The summed E-state index contributed by atoms with van der Waals surface area (Å²) in [5.41, 5.74) is 2.09. The van der Waals surface area contributed by atoms with E-state index in [0.29, 0.717) is 10.9 Å². The van der Waals surface area contributed by atoms with Gasteiger partial charge in [-0.1, -0.05) is 44.5 Å². The van der Waals surface area contributed by atoms with Crippen LogP contribution in [0.5, 0.6) is 0 Å². The van der Waals surface area contributed by atoms with E-state index in [1.807, 2.05) is 18.2 Å². The van der Waals surface area contributed by atoms with Crippen LogP contribution in [0.1, 0.15) is 44.4 Å². The van der Waals surface area contributed by atoms with E-state index >= 15 is 0 Å². The minimum absolute atomic E-state index is 0.441. The third-order valence-corrected chi connectivity index (χ3v) is 2.87. The normalized spacial score (nSPS) is 13.2. The Morgan fingerprint density at radius 3 is 2.53 bits per heavy atom. The summed E-state index contributed by atoms with van der Waals surface area (Å²) in [5, 5.41) is 10.7. The summed E-state index contributed by atoms with van der Waals surface area (Å²) in [6.07, 6.45) is 1.29. The lowest BCUT2D eigenvalue weighted by Crippen LogP contribution is -2.03. The first-order valence-corrected chi connectivity index (χ1v) is 5.88. The Hall–Kier alpha value is -0.530. The van der Waals surface area contributed by atoms with E-state index in [9.17, 15) is 5.11 Å². The Labute approximate surface area is 97.1 Å². The van der Waals surface area contributed by atoms with Crippen molar-refractivity contribution in [3.8, 4) is 0 Å². The van der Waals surface area contributed by atoms with Crippen molar-refractivity contribution in [2.45, 2.75) is 39.7 Å². The number of aliphatic hydroxyl groups excluding tert-OH is 1. The quantitative estimate of drug-likeness (QED) is 0.824. The van der Waals surface area contributed by atoms with Crippen LogP contribution in [0.15, 0.2) is 18.2 Å². The molecule has 1 unspecified atom stereocenters. The highest BCUT2D eigenvalue weighted by Gasteiger charge is 2.13. The van der Waals surface area contributed by atoms with Crippen LogP contribution in [-0.2, 0) is 6.42 Å². The van der Waals surface area contributed by atoms with Crippen molar-refractivity contribution >= 4 is 11.6 Å². The summed E-state index contributed by atoms with van der Waals surface area (Å²) in [7, 11) is 0. The summed E-state index contributed by atoms with van der Waals surface area (Å²) in [4.78, 5) is 0. The van der Waals surface area contributed by atoms with E-state index in [-0.39, 0.29) is 0 Å². The Kier molecular flexibility index (Phi) is 4.62. The zero-order valence-corrected chi connectivity index (χ0v) is 10.4. The van der Waals surface area contributed by atoms with Gasteiger partial charge in [0.15, 0.2) is 0 Å². The lowest BCUT2D eigenvalue weighted by Gasteiger charge is -2.15. The van der Waals surface area contributed by atoms with Crippen molar-refractivity contribution < 1.29 is 5.11 Å². The third kappa shape index (κ3) is 3.51. The molecular weight excluding hydrogens is 208 g/mol. The number of halogens is 1. The number of rotatable bonds is 4. The predicted molar refractivity (Wildman–Crippen MR) is 65.2 cm³/mol. The van der Waals surface area contributed by atoms with E-state index in [1.54, 1.807) is 0 Å². The molecule has 0 fully saturated rings. The molecule has 1 aromatic carbocycles. The molecule has 0 amide bonds. The SMILES string of the molecule is CCc1ccc(Cl)c(C(O)CC(C)C)c1. The Bertz CT molecular complexity index is 320. The molecular formula is C13H19ClO. The number of aryl methyl sites for hydroxylation is 1. The first-order chi connectivity index (χ1) is 7.04. The zero-order valence-electron chi connectivity index (χ0n) is 9.63. The largest absolute Gasteiger partial charge is 0.388 e. The van der Waals surface area contributed by atoms with Crippen molar-refractivity contribution in [3.05, 3.63) is 34.3 Å². The average Bonchev–Trinajstić information content (AvgIpc) is 2.17. The smallest absolute Gasteiger partial charge is 0.0807 e. The molecule has 0 saturated carbocycles. The van der Waals surface area contributed by atoms with Crippen LogP contribution >= 0.6 is 11.6 Å². The molecule has 0 bridgehead atoms. The van der Waals surface area contributed by atoms with Gasteiger partial charge in [-0.15, -0.1) is 0 Å². The minimum atomic E-state index is -0.441. The first-order valence-electron chi connectivity index (χ1n) is 5.51. The van der Waals surface area contributed by atoms with Crippen molar-refractivity contribution in [2.75, 3.05) is 0 Å². The maximum Gasteiger partial charge on any atom is 0.0807 e. The van der Waals surface area contributed by atoms with E-state index < -0.39 is 6.10 Å². The Morgan fingerprint density at radius 2 is 2.00 bits per heavy atom. The van der Waals surface area contributed by atoms with Crippen LogP contribution in [0.3, 0.4) is 0 Å². The molecule has 84 valence electrons. The molecule has 1 aromatic rings. The van der Waals surface area contributed by atoms with E-state index in [2.05, 4.69) is 20.8 Å². The fraction of sp³-hybridized carbons (Fsp3) is 0.538. The summed E-state index contributed by atoms with van der Waals surface area (Å²) in [6.45, 7) is 6.30. The highest BCUT2D eigenvalue weighted by atomic mass is 35.5. The van der Waals surface area contributed by atoms with E-state index in [1.165, 1.54) is 5.56 Å². The Morgan fingerprint density at radius 1 is 1.33 bits per heavy atom. The van der Waals surface area contributed by atoms with Crippen LogP contribution in [0.25, 0.3) is 0 Å². The van der Waals surface area contributed by atoms with Gasteiger partial charge in [-0.2, -0.15) is 0 Å². The summed E-state index contributed by atoms with van der Waals surface area (Å²) in [6, 6.07) is 5.89. The van der Waals surface area contributed by atoms with Crippen LogP contribution < -0.4 is 0 Å². The maximum absolute atomic E-state index is 10.0. The molecule has 0 heterocycles. The van der Waals surface area contributed by atoms with Gasteiger partial charge in [0.2, 0.25) is 0 Å². The standard InChI is InChI=1S/C13H19ClO/c1-4-10-5-6-12(14)11(8-10)13(15)7-9(2)3/h5-6,8-9,13,15H,4,7H2,1-3H3. The van der Waals surface area contributed by atoms with Crippen molar-refractivity contribution in [3.63, 3.8) is 0 Å². The van der Waals surface area contributed by atoms with E-state index in [0.717, 1.165) is 18.4 Å². The second-order valence-electron chi connectivity index (χ2n) is 4.35. The van der Waals surface area contributed by atoms with Gasteiger partial charge in [0.25, 0.3) is 0 Å². The lowest BCUT2D eigenvalue weighted by molar-refractivity contribution is 0.151. The zero-order chi connectivity index (χ0) is 11.4. The van der Waals surface area contributed by atoms with Crippen molar-refractivity contribution in [1.82, 2.24) is 0 Å². The van der Waals surface area contributed by atoms with Crippen LogP contribution in [0, 0.1) is 5.92 Å². The molecule has 0 aliphatic heterocycles. The summed E-state index contributed by atoms with van der Waals surface area (Å²) in [5.74, 6) is 0.473. The summed E-state index contributed by atoms with van der Waals surface area (Å²) < 4.78 is 0. The van der Waals surface area contributed by atoms with Gasteiger partial charge in [0.1, 0.15) is 0 Å². The molecule has 0 aliphatic rings. The van der Waals surface area contributed by atoms with Crippen LogP contribution in [0.2, 0.25) is 5.02 Å². The van der Waals surface area contributed by atoms with E-state index in [4.69, 9.17) is 11.6 Å². The molecule has 0 spiro atoms. The monoisotopic (exact) mass is 226 g/mol. The van der Waals surface area contributed by atoms with Gasteiger partial charge < -0.3 is 5.11 Å². The Balaban J connectivity index is 2.91. The number of benzene rings is 1. The molecule has 1 nitrogen and oxygen atoms in total. The van der Waals surface area contributed by atoms with Gasteiger partial charge >= 0.3 is 0 Å². The predicted octanol–water partition coefficient (Wildman–Crippen LogP) is 3.98. The fourth-order valence-electron chi connectivity index (χ4n) is 1.64. The average molecular weight is 227 g/mol. The fourth-order valence-corrected chi connectivity index (χ4v) is 1.89. The third-order valence-electron chi connectivity index (χ3n) is 2.52. The topological polar surface area (TPSA) is 20.2 Å². The molecule has 0 radical (unpaired) electrons. The van der Waals surface area contributed by atoms with Gasteiger partial charge in [0.05, 0.1) is 6.10 Å². The van der Waals surface area contributed by atoms with Gasteiger partial charge in [0, 0.05) is 5.02 Å². The highest BCUT2D eigenvalue weighted by molar-refractivity contribution is 6.31. The molecule has 0 saturated heterocycles. The molecule has 1 atom stereocenters. The molecule has 2 heteroatoms. The number of aliphatic hydroxyl groups is 1. The van der Waals surface area contributed by atoms with Gasteiger partial charge in [-0.05, 0) is 36.0 Å². The first kappa shape index (κ1) is 12.5. The number of hydrogen-bond acceptors (Lipinski definition) is 1. The molecule has 15 heavy (non-hydrogen) atoms. The minimum Gasteiger partial charge on any atom is -0.388 e. The van der Waals surface area contributed by atoms with Gasteiger partial charge in [-0.3, -0.25) is 0 Å². The van der Waals surface area contributed by atoms with Crippen molar-refractivity contribution in [1.29, 1.82) is 0 Å². The second kappa shape index (κ2) is 5.53.